The van der Waals surface area contributed by atoms with Gasteiger partial charge in [0, 0.05) is 11.3 Å². The van der Waals surface area contributed by atoms with Gasteiger partial charge in [-0.2, -0.15) is 0 Å². The fourth-order valence-corrected chi connectivity index (χ4v) is 1.56. The van der Waals surface area contributed by atoms with Gasteiger partial charge in [0.1, 0.15) is 6.23 Å². The standard InChI is InChI=1S/C12H13NO/c1-8-3-5-10(6-4-8)11-7-12(14)13-9(11)2/h3-7,12-14H,2H2,1H3. The van der Waals surface area contributed by atoms with Crippen molar-refractivity contribution >= 4 is 5.57 Å². The summed E-state index contributed by atoms with van der Waals surface area (Å²) >= 11 is 0. The predicted molar refractivity (Wildman–Crippen MR) is 57.4 cm³/mol. The molecule has 1 unspecified atom stereocenters. The summed E-state index contributed by atoms with van der Waals surface area (Å²) in [5.41, 5.74) is 4.08. The predicted octanol–water partition coefficient (Wildman–Crippen LogP) is 1.81. The van der Waals surface area contributed by atoms with Gasteiger partial charge in [0.2, 0.25) is 0 Å². The SMILES string of the molecule is C=C1NC(O)C=C1c1ccc(C)cc1. The highest BCUT2D eigenvalue weighted by Gasteiger charge is 2.16. The van der Waals surface area contributed by atoms with Crippen molar-refractivity contribution < 1.29 is 5.11 Å². The summed E-state index contributed by atoms with van der Waals surface area (Å²) < 4.78 is 0. The minimum absolute atomic E-state index is 0.598. The lowest BCUT2D eigenvalue weighted by molar-refractivity contribution is 0.206. The molecule has 72 valence electrons. The molecule has 0 saturated heterocycles. The average molecular weight is 187 g/mol. The highest BCUT2D eigenvalue weighted by Crippen LogP contribution is 2.25. The number of hydrogen-bond acceptors (Lipinski definition) is 2. The van der Waals surface area contributed by atoms with Crippen LogP contribution in [0.15, 0.2) is 42.6 Å². The molecule has 14 heavy (non-hydrogen) atoms. The molecule has 1 heterocycles. The third-order valence-electron chi connectivity index (χ3n) is 2.33. The number of aryl methyl sites for hydroxylation is 1. The molecule has 1 aliphatic heterocycles. The average Bonchev–Trinajstić information content (AvgIpc) is 2.47. The second kappa shape index (κ2) is 3.31. The smallest absolute Gasteiger partial charge is 0.144 e. The van der Waals surface area contributed by atoms with E-state index in [0.29, 0.717) is 0 Å². The van der Waals surface area contributed by atoms with E-state index in [2.05, 4.69) is 18.8 Å². The zero-order chi connectivity index (χ0) is 10.1. The van der Waals surface area contributed by atoms with Gasteiger partial charge in [-0.3, -0.25) is 0 Å². The van der Waals surface area contributed by atoms with Gasteiger partial charge >= 0.3 is 0 Å². The Morgan fingerprint density at radius 2 is 1.93 bits per heavy atom. The second-order valence-corrected chi connectivity index (χ2v) is 3.51. The van der Waals surface area contributed by atoms with E-state index in [1.165, 1.54) is 5.56 Å². The molecule has 2 heteroatoms. The Hall–Kier alpha value is -1.54. The Kier molecular flexibility index (Phi) is 2.14. The number of aliphatic hydroxyl groups is 1. The normalized spacial score (nSPS) is 20.6. The molecule has 1 atom stereocenters. The summed E-state index contributed by atoms with van der Waals surface area (Å²) in [5, 5.41) is 12.2. The maximum absolute atomic E-state index is 9.34. The van der Waals surface area contributed by atoms with Gasteiger partial charge in [-0.05, 0) is 18.6 Å². The van der Waals surface area contributed by atoms with E-state index >= 15 is 0 Å². The molecule has 0 bridgehead atoms. The molecule has 1 aromatic rings. The van der Waals surface area contributed by atoms with Crippen LogP contribution in [0, 0.1) is 6.92 Å². The first-order valence-corrected chi connectivity index (χ1v) is 4.59. The van der Waals surface area contributed by atoms with Crippen molar-refractivity contribution in [3.05, 3.63) is 53.7 Å². The van der Waals surface area contributed by atoms with Gasteiger partial charge in [-0.1, -0.05) is 36.4 Å². The minimum atomic E-state index is -0.598. The summed E-state index contributed by atoms with van der Waals surface area (Å²) in [6.45, 7) is 5.90. The van der Waals surface area contributed by atoms with Crippen LogP contribution in [0.2, 0.25) is 0 Å². The highest BCUT2D eigenvalue weighted by molar-refractivity contribution is 5.80. The number of benzene rings is 1. The van der Waals surface area contributed by atoms with Crippen molar-refractivity contribution in [1.29, 1.82) is 0 Å². The number of nitrogens with one attached hydrogen (secondary N) is 1. The first-order chi connectivity index (χ1) is 6.66. The lowest BCUT2D eigenvalue weighted by atomic mass is 10.0. The monoisotopic (exact) mass is 187 g/mol. The van der Waals surface area contributed by atoms with Crippen molar-refractivity contribution in [3.63, 3.8) is 0 Å². The molecule has 0 fully saturated rings. The molecule has 2 N–H and O–H groups in total. The maximum Gasteiger partial charge on any atom is 0.144 e. The molecule has 0 aromatic heterocycles. The summed E-state index contributed by atoms with van der Waals surface area (Å²) in [7, 11) is 0. The van der Waals surface area contributed by atoms with Crippen LogP contribution in [0.3, 0.4) is 0 Å². The van der Waals surface area contributed by atoms with Crippen LogP contribution < -0.4 is 5.32 Å². The number of aliphatic hydroxyl groups excluding tert-OH is 1. The Labute approximate surface area is 83.6 Å². The van der Waals surface area contributed by atoms with Crippen molar-refractivity contribution in [3.8, 4) is 0 Å². The zero-order valence-corrected chi connectivity index (χ0v) is 8.12. The molecular weight excluding hydrogens is 174 g/mol. The summed E-state index contributed by atoms with van der Waals surface area (Å²) in [4.78, 5) is 0. The van der Waals surface area contributed by atoms with Crippen molar-refractivity contribution in [2.24, 2.45) is 0 Å². The molecule has 0 spiro atoms. The van der Waals surface area contributed by atoms with E-state index in [0.717, 1.165) is 16.8 Å². The zero-order valence-electron chi connectivity index (χ0n) is 8.12. The Morgan fingerprint density at radius 3 is 2.43 bits per heavy atom. The van der Waals surface area contributed by atoms with Crippen LogP contribution in [0.25, 0.3) is 5.57 Å². The van der Waals surface area contributed by atoms with E-state index in [-0.39, 0.29) is 0 Å². The molecular formula is C12H13NO. The van der Waals surface area contributed by atoms with Crippen molar-refractivity contribution in [2.75, 3.05) is 0 Å². The van der Waals surface area contributed by atoms with Crippen molar-refractivity contribution in [2.45, 2.75) is 13.2 Å². The summed E-state index contributed by atoms with van der Waals surface area (Å²) in [5.74, 6) is 0. The van der Waals surface area contributed by atoms with Gasteiger partial charge in [0.05, 0.1) is 0 Å². The fourth-order valence-electron chi connectivity index (χ4n) is 1.56. The number of allylic oxidation sites excluding steroid dienone is 1. The van der Waals surface area contributed by atoms with Crippen LogP contribution in [-0.2, 0) is 0 Å². The minimum Gasteiger partial charge on any atom is -0.370 e. The molecule has 0 aliphatic carbocycles. The Morgan fingerprint density at radius 1 is 1.29 bits per heavy atom. The molecule has 0 saturated carbocycles. The van der Waals surface area contributed by atoms with E-state index in [4.69, 9.17) is 0 Å². The summed E-state index contributed by atoms with van der Waals surface area (Å²) in [6.07, 6.45) is 1.17. The lowest BCUT2D eigenvalue weighted by Gasteiger charge is -2.05. The van der Waals surface area contributed by atoms with Crippen LogP contribution in [-0.4, -0.2) is 11.3 Å². The third-order valence-corrected chi connectivity index (χ3v) is 2.33. The van der Waals surface area contributed by atoms with Gasteiger partial charge in [-0.15, -0.1) is 0 Å². The molecule has 0 radical (unpaired) electrons. The van der Waals surface area contributed by atoms with E-state index in [9.17, 15) is 5.11 Å². The lowest BCUT2D eigenvalue weighted by Crippen LogP contribution is -2.18. The first kappa shape index (κ1) is 9.03. The number of hydrogen-bond donors (Lipinski definition) is 2. The van der Waals surface area contributed by atoms with Crippen LogP contribution >= 0.6 is 0 Å². The fraction of sp³-hybridized carbons (Fsp3) is 0.167. The molecule has 1 aromatic carbocycles. The van der Waals surface area contributed by atoms with Crippen LogP contribution in [0.1, 0.15) is 11.1 Å². The van der Waals surface area contributed by atoms with Gasteiger partial charge in [-0.25, -0.2) is 0 Å². The van der Waals surface area contributed by atoms with Gasteiger partial charge in [0.15, 0.2) is 0 Å². The largest absolute Gasteiger partial charge is 0.370 e. The van der Waals surface area contributed by atoms with Gasteiger partial charge in [0.25, 0.3) is 0 Å². The molecule has 2 nitrogen and oxygen atoms in total. The number of rotatable bonds is 1. The third kappa shape index (κ3) is 1.56. The summed E-state index contributed by atoms with van der Waals surface area (Å²) in [6, 6.07) is 8.17. The topological polar surface area (TPSA) is 32.3 Å². The molecule has 1 aliphatic rings. The van der Waals surface area contributed by atoms with Crippen molar-refractivity contribution in [1.82, 2.24) is 5.32 Å². The quantitative estimate of drug-likeness (QED) is 0.702. The Bertz CT molecular complexity index is 389. The second-order valence-electron chi connectivity index (χ2n) is 3.51. The van der Waals surface area contributed by atoms with E-state index < -0.39 is 6.23 Å². The molecule has 2 rings (SSSR count). The maximum atomic E-state index is 9.34. The van der Waals surface area contributed by atoms with Gasteiger partial charge < -0.3 is 10.4 Å². The van der Waals surface area contributed by atoms with Crippen LogP contribution in [0.4, 0.5) is 0 Å². The molecule has 0 amide bonds. The highest BCUT2D eigenvalue weighted by atomic mass is 16.3. The first-order valence-electron chi connectivity index (χ1n) is 4.59. The Balaban J connectivity index is 2.36. The van der Waals surface area contributed by atoms with E-state index in [1.54, 1.807) is 6.08 Å². The van der Waals surface area contributed by atoms with E-state index in [1.807, 2.05) is 24.3 Å². The van der Waals surface area contributed by atoms with Crippen LogP contribution in [0.5, 0.6) is 0 Å².